The molecule has 1 atom stereocenters. The number of carbonyl (C=O) groups excluding carboxylic acids is 1. The summed E-state index contributed by atoms with van der Waals surface area (Å²) in [4.78, 5) is 12.9. The minimum absolute atomic E-state index is 0.108. The molecule has 0 N–H and O–H groups in total. The Hall–Kier alpha value is -0.583. The monoisotopic (exact) mass is 338 g/mol. The standard InChI is InChI=1S/C18H30O2SSi/c1-17(2,3)22(6,7)20-16(13-19)18(4,5)14-21-15-11-9-8-10-12-15/h8-13,16H,14H2,1-7H3/t16-/m0/s1. The molecule has 1 rings (SSSR count). The quantitative estimate of drug-likeness (QED) is 0.378. The van der Waals surface area contributed by atoms with Crippen molar-refractivity contribution < 1.29 is 9.22 Å². The van der Waals surface area contributed by atoms with Gasteiger partial charge in [0.15, 0.2) is 8.32 Å². The molecular weight excluding hydrogens is 308 g/mol. The van der Waals surface area contributed by atoms with Crippen LogP contribution in [0, 0.1) is 5.41 Å². The van der Waals surface area contributed by atoms with E-state index in [0.29, 0.717) is 0 Å². The van der Waals surface area contributed by atoms with Gasteiger partial charge in [-0.2, -0.15) is 0 Å². The van der Waals surface area contributed by atoms with Gasteiger partial charge in [0.05, 0.1) is 0 Å². The molecule has 0 heterocycles. The van der Waals surface area contributed by atoms with E-state index in [1.165, 1.54) is 4.90 Å². The largest absolute Gasteiger partial charge is 0.407 e. The molecule has 0 saturated heterocycles. The number of aldehydes is 1. The zero-order chi connectivity index (χ0) is 17.0. The Balaban J connectivity index is 2.77. The van der Waals surface area contributed by atoms with E-state index in [9.17, 15) is 4.79 Å². The summed E-state index contributed by atoms with van der Waals surface area (Å²) in [5.74, 6) is 0.856. The molecule has 124 valence electrons. The number of carbonyl (C=O) groups is 1. The molecular formula is C18H30O2SSi. The summed E-state index contributed by atoms with van der Waals surface area (Å²) >= 11 is 1.78. The van der Waals surface area contributed by atoms with Gasteiger partial charge in [0.25, 0.3) is 0 Å². The predicted octanol–water partition coefficient (Wildman–Crippen LogP) is 5.39. The van der Waals surface area contributed by atoms with Crippen molar-refractivity contribution in [3.63, 3.8) is 0 Å². The Kier molecular flexibility index (Phi) is 6.48. The van der Waals surface area contributed by atoms with Crippen molar-refractivity contribution in [2.24, 2.45) is 5.41 Å². The van der Waals surface area contributed by atoms with Crippen molar-refractivity contribution in [2.45, 2.75) is 63.8 Å². The highest BCUT2D eigenvalue weighted by Gasteiger charge is 2.42. The zero-order valence-corrected chi connectivity index (χ0v) is 16.8. The van der Waals surface area contributed by atoms with E-state index in [-0.39, 0.29) is 16.6 Å². The summed E-state index contributed by atoms with van der Waals surface area (Å²) in [5, 5.41) is 0.108. The van der Waals surface area contributed by atoms with E-state index in [1.807, 2.05) is 18.2 Å². The Morgan fingerprint density at radius 3 is 2.14 bits per heavy atom. The Labute approximate surface area is 141 Å². The second-order valence-electron chi connectivity index (χ2n) is 8.03. The SMILES string of the molecule is CC(C)(CSc1ccccc1)[C@H](C=O)O[Si](C)(C)C(C)(C)C. The summed E-state index contributed by atoms with van der Waals surface area (Å²) in [5.41, 5.74) is -0.197. The molecule has 0 saturated carbocycles. The molecule has 22 heavy (non-hydrogen) atoms. The summed E-state index contributed by atoms with van der Waals surface area (Å²) in [6.45, 7) is 15.2. The van der Waals surface area contributed by atoms with E-state index >= 15 is 0 Å². The molecule has 0 bridgehead atoms. The van der Waals surface area contributed by atoms with Gasteiger partial charge in [0.2, 0.25) is 0 Å². The van der Waals surface area contributed by atoms with Crippen LogP contribution in [0.5, 0.6) is 0 Å². The molecule has 0 aliphatic heterocycles. The van der Waals surface area contributed by atoms with Crippen LogP contribution in [0.15, 0.2) is 35.2 Å². The van der Waals surface area contributed by atoms with Gasteiger partial charge in [0, 0.05) is 16.1 Å². The van der Waals surface area contributed by atoms with Crippen LogP contribution >= 0.6 is 11.8 Å². The summed E-state index contributed by atoms with van der Waals surface area (Å²) in [6.07, 6.45) is 0.635. The molecule has 2 nitrogen and oxygen atoms in total. The fourth-order valence-electron chi connectivity index (χ4n) is 1.73. The van der Waals surface area contributed by atoms with Gasteiger partial charge in [-0.15, -0.1) is 11.8 Å². The molecule has 0 aliphatic carbocycles. The lowest BCUT2D eigenvalue weighted by Crippen LogP contribution is -2.49. The van der Waals surface area contributed by atoms with Crippen LogP contribution in [0.2, 0.25) is 18.1 Å². The highest BCUT2D eigenvalue weighted by atomic mass is 32.2. The highest BCUT2D eigenvalue weighted by molar-refractivity contribution is 7.99. The first-order valence-electron chi connectivity index (χ1n) is 7.80. The summed E-state index contributed by atoms with van der Waals surface area (Å²) < 4.78 is 6.36. The van der Waals surface area contributed by atoms with Crippen molar-refractivity contribution in [1.82, 2.24) is 0 Å². The van der Waals surface area contributed by atoms with Crippen molar-refractivity contribution in [3.8, 4) is 0 Å². The average Bonchev–Trinajstić information content (AvgIpc) is 2.42. The van der Waals surface area contributed by atoms with Crippen LogP contribution in [-0.2, 0) is 9.22 Å². The van der Waals surface area contributed by atoms with Gasteiger partial charge in [-0.3, -0.25) is 0 Å². The van der Waals surface area contributed by atoms with Crippen LogP contribution in [0.1, 0.15) is 34.6 Å². The summed E-state index contributed by atoms with van der Waals surface area (Å²) in [6, 6.07) is 10.3. The minimum Gasteiger partial charge on any atom is -0.407 e. The van der Waals surface area contributed by atoms with E-state index in [4.69, 9.17) is 4.43 Å². The van der Waals surface area contributed by atoms with Crippen LogP contribution in [0.3, 0.4) is 0 Å². The maximum atomic E-state index is 11.7. The molecule has 0 aliphatic rings. The maximum Gasteiger partial charge on any atom is 0.193 e. The number of benzene rings is 1. The third kappa shape index (κ3) is 5.25. The van der Waals surface area contributed by atoms with Gasteiger partial charge in [-0.25, -0.2) is 0 Å². The van der Waals surface area contributed by atoms with Gasteiger partial charge in [-0.05, 0) is 30.3 Å². The van der Waals surface area contributed by atoms with Crippen molar-refractivity contribution in [1.29, 1.82) is 0 Å². The molecule has 0 spiro atoms. The lowest BCUT2D eigenvalue weighted by atomic mass is 9.90. The van der Waals surface area contributed by atoms with Crippen LogP contribution in [0.4, 0.5) is 0 Å². The predicted molar refractivity (Wildman–Crippen MR) is 99.1 cm³/mol. The van der Waals surface area contributed by atoms with E-state index < -0.39 is 8.32 Å². The fourth-order valence-corrected chi connectivity index (χ4v) is 4.15. The van der Waals surface area contributed by atoms with E-state index in [0.717, 1.165) is 12.0 Å². The molecule has 0 aromatic heterocycles. The number of rotatable bonds is 7. The third-order valence-electron chi connectivity index (χ3n) is 4.48. The normalized spacial score (nSPS) is 14.7. The molecule has 1 aromatic rings. The Bertz CT molecular complexity index is 478. The fraction of sp³-hybridized carbons (Fsp3) is 0.611. The van der Waals surface area contributed by atoms with Crippen molar-refractivity contribution in [2.75, 3.05) is 5.75 Å². The minimum atomic E-state index is -1.95. The van der Waals surface area contributed by atoms with Gasteiger partial charge >= 0.3 is 0 Å². The number of thioether (sulfide) groups is 1. The second kappa shape index (κ2) is 7.32. The van der Waals surface area contributed by atoms with Crippen LogP contribution < -0.4 is 0 Å². The smallest absolute Gasteiger partial charge is 0.193 e. The Morgan fingerprint density at radius 1 is 1.14 bits per heavy atom. The average molecular weight is 339 g/mol. The molecule has 0 radical (unpaired) electrons. The van der Waals surface area contributed by atoms with Crippen LogP contribution in [-0.4, -0.2) is 26.5 Å². The second-order valence-corrected chi connectivity index (χ2v) is 13.8. The van der Waals surface area contributed by atoms with Gasteiger partial charge in [0.1, 0.15) is 12.4 Å². The molecule has 0 fully saturated rings. The van der Waals surface area contributed by atoms with E-state index in [2.05, 4.69) is 59.8 Å². The van der Waals surface area contributed by atoms with Crippen LogP contribution in [0.25, 0.3) is 0 Å². The molecule has 1 aromatic carbocycles. The van der Waals surface area contributed by atoms with Crippen molar-refractivity contribution >= 4 is 26.4 Å². The summed E-state index contributed by atoms with van der Waals surface area (Å²) in [7, 11) is -1.95. The van der Waals surface area contributed by atoms with Crippen molar-refractivity contribution in [3.05, 3.63) is 30.3 Å². The molecule has 4 heteroatoms. The third-order valence-corrected chi connectivity index (χ3v) is 10.4. The maximum absolute atomic E-state index is 11.7. The van der Waals surface area contributed by atoms with Gasteiger partial charge < -0.3 is 9.22 Å². The number of hydrogen-bond acceptors (Lipinski definition) is 3. The first kappa shape index (κ1) is 19.5. The first-order valence-corrected chi connectivity index (χ1v) is 11.7. The molecule has 0 unspecified atom stereocenters. The topological polar surface area (TPSA) is 26.3 Å². The molecule has 0 amide bonds. The zero-order valence-electron chi connectivity index (χ0n) is 15.0. The Morgan fingerprint density at radius 2 is 1.68 bits per heavy atom. The lowest BCUT2D eigenvalue weighted by Gasteiger charge is -2.42. The van der Waals surface area contributed by atoms with E-state index in [1.54, 1.807) is 11.8 Å². The first-order chi connectivity index (χ1) is 9.99. The highest BCUT2D eigenvalue weighted by Crippen LogP contribution is 2.40. The number of hydrogen-bond donors (Lipinski definition) is 0. The van der Waals surface area contributed by atoms with Gasteiger partial charge in [-0.1, -0.05) is 52.8 Å². The lowest BCUT2D eigenvalue weighted by molar-refractivity contribution is -0.118.